The number of benzene rings is 1. The number of nitrogens with one attached hydrogen (secondary N) is 1. The SMILES string of the molecule is CC(C)(CC(=O)O)NC(=O)c1cccc(Br)c1I. The minimum atomic E-state index is -0.941. The van der Waals surface area contributed by atoms with Gasteiger partial charge < -0.3 is 10.4 Å². The van der Waals surface area contributed by atoms with E-state index in [-0.39, 0.29) is 12.3 Å². The Hall–Kier alpha value is -0.630. The molecule has 1 amide bonds. The van der Waals surface area contributed by atoms with Crippen molar-refractivity contribution in [3.63, 3.8) is 0 Å². The third-order valence-corrected chi connectivity index (χ3v) is 4.81. The van der Waals surface area contributed by atoms with Crippen LogP contribution in [-0.2, 0) is 4.79 Å². The van der Waals surface area contributed by atoms with Crippen LogP contribution in [0, 0.1) is 3.57 Å². The molecule has 0 aliphatic heterocycles. The second kappa shape index (κ2) is 6.01. The number of carboxylic acid groups (broad SMARTS) is 1. The van der Waals surface area contributed by atoms with Crippen LogP contribution >= 0.6 is 38.5 Å². The smallest absolute Gasteiger partial charge is 0.305 e. The van der Waals surface area contributed by atoms with E-state index in [0.717, 1.165) is 8.04 Å². The Morgan fingerprint density at radius 1 is 1.44 bits per heavy atom. The van der Waals surface area contributed by atoms with E-state index in [0.29, 0.717) is 5.56 Å². The van der Waals surface area contributed by atoms with E-state index < -0.39 is 11.5 Å². The average Bonchev–Trinajstić information content (AvgIpc) is 2.18. The highest BCUT2D eigenvalue weighted by Crippen LogP contribution is 2.23. The second-order valence-electron chi connectivity index (χ2n) is 4.51. The maximum atomic E-state index is 12.1. The number of amides is 1. The van der Waals surface area contributed by atoms with Gasteiger partial charge in [-0.25, -0.2) is 0 Å². The van der Waals surface area contributed by atoms with Crippen LogP contribution in [0.5, 0.6) is 0 Å². The molecule has 0 heterocycles. The molecule has 1 aromatic rings. The van der Waals surface area contributed by atoms with Crippen LogP contribution in [0.15, 0.2) is 22.7 Å². The summed E-state index contributed by atoms with van der Waals surface area (Å²) < 4.78 is 1.64. The number of halogens is 2. The van der Waals surface area contributed by atoms with Gasteiger partial charge >= 0.3 is 5.97 Å². The monoisotopic (exact) mass is 425 g/mol. The summed E-state index contributed by atoms with van der Waals surface area (Å²) in [5.74, 6) is -1.21. The van der Waals surface area contributed by atoms with Crippen molar-refractivity contribution in [3.05, 3.63) is 31.8 Å². The Bertz CT molecular complexity index is 488. The molecule has 0 aromatic heterocycles. The Kier molecular flexibility index (Phi) is 5.15. The highest BCUT2D eigenvalue weighted by molar-refractivity contribution is 14.1. The Morgan fingerprint density at radius 2 is 2.06 bits per heavy atom. The normalized spacial score (nSPS) is 11.1. The zero-order valence-electron chi connectivity index (χ0n) is 9.96. The van der Waals surface area contributed by atoms with Crippen LogP contribution in [0.2, 0.25) is 0 Å². The number of carbonyl (C=O) groups is 2. The van der Waals surface area contributed by atoms with Gasteiger partial charge in [0, 0.05) is 13.6 Å². The summed E-state index contributed by atoms with van der Waals surface area (Å²) in [5.41, 5.74) is -0.252. The van der Waals surface area contributed by atoms with Crippen LogP contribution in [0.4, 0.5) is 0 Å². The quantitative estimate of drug-likeness (QED) is 0.728. The third kappa shape index (κ3) is 4.24. The molecule has 0 unspecified atom stereocenters. The molecule has 0 aliphatic carbocycles. The molecule has 6 heteroatoms. The van der Waals surface area contributed by atoms with Crippen LogP contribution in [0.3, 0.4) is 0 Å². The summed E-state index contributed by atoms with van der Waals surface area (Å²) in [6.45, 7) is 3.37. The molecule has 1 aromatic carbocycles. The minimum absolute atomic E-state index is 0.122. The molecule has 2 N–H and O–H groups in total. The first-order chi connectivity index (χ1) is 8.23. The first kappa shape index (κ1) is 15.4. The maximum absolute atomic E-state index is 12.1. The number of aliphatic carboxylic acids is 1. The Balaban J connectivity index is 2.89. The van der Waals surface area contributed by atoms with E-state index in [4.69, 9.17) is 5.11 Å². The van der Waals surface area contributed by atoms with Crippen molar-refractivity contribution >= 4 is 50.4 Å². The van der Waals surface area contributed by atoms with E-state index in [1.807, 2.05) is 6.07 Å². The fourth-order valence-corrected chi connectivity index (χ4v) is 2.45. The lowest BCUT2D eigenvalue weighted by Gasteiger charge is -2.24. The van der Waals surface area contributed by atoms with Crippen LogP contribution in [-0.4, -0.2) is 22.5 Å². The fraction of sp³-hybridized carbons (Fsp3) is 0.333. The molecule has 98 valence electrons. The van der Waals surface area contributed by atoms with Gasteiger partial charge in [0.05, 0.1) is 12.0 Å². The lowest BCUT2D eigenvalue weighted by atomic mass is 10.00. The number of carboxylic acids is 1. The molecular formula is C12H13BrINO3. The minimum Gasteiger partial charge on any atom is -0.481 e. The van der Waals surface area contributed by atoms with Gasteiger partial charge in [-0.15, -0.1) is 0 Å². The van der Waals surface area contributed by atoms with E-state index >= 15 is 0 Å². The van der Waals surface area contributed by atoms with Gasteiger partial charge in [-0.3, -0.25) is 9.59 Å². The predicted octanol–water partition coefficient (Wildman–Crippen LogP) is 3.04. The summed E-state index contributed by atoms with van der Waals surface area (Å²) in [4.78, 5) is 22.8. The van der Waals surface area contributed by atoms with Crippen molar-refractivity contribution in [2.75, 3.05) is 0 Å². The van der Waals surface area contributed by atoms with Crippen molar-refractivity contribution in [1.29, 1.82) is 0 Å². The standard InChI is InChI=1S/C12H13BrINO3/c1-12(2,6-9(16)17)15-11(18)7-4-3-5-8(13)10(7)14/h3-5H,6H2,1-2H3,(H,15,18)(H,16,17). The number of hydrogen-bond acceptors (Lipinski definition) is 2. The molecule has 0 aliphatic rings. The highest BCUT2D eigenvalue weighted by Gasteiger charge is 2.25. The molecule has 0 atom stereocenters. The summed E-state index contributed by atoms with van der Waals surface area (Å²) in [6.07, 6.45) is -0.122. The van der Waals surface area contributed by atoms with Crippen LogP contribution in [0.1, 0.15) is 30.6 Å². The van der Waals surface area contributed by atoms with Gasteiger partial charge in [0.1, 0.15) is 0 Å². The number of hydrogen-bond donors (Lipinski definition) is 2. The van der Waals surface area contributed by atoms with E-state index in [1.54, 1.807) is 26.0 Å². The lowest BCUT2D eigenvalue weighted by molar-refractivity contribution is -0.138. The molecule has 0 spiro atoms. The van der Waals surface area contributed by atoms with Crippen molar-refractivity contribution in [2.24, 2.45) is 0 Å². The van der Waals surface area contributed by atoms with E-state index in [2.05, 4.69) is 43.8 Å². The van der Waals surface area contributed by atoms with Crippen LogP contribution in [0.25, 0.3) is 0 Å². The van der Waals surface area contributed by atoms with Crippen LogP contribution < -0.4 is 5.32 Å². The molecule has 0 saturated heterocycles. The average molecular weight is 426 g/mol. The van der Waals surface area contributed by atoms with Gasteiger partial charge in [0.15, 0.2) is 0 Å². The lowest BCUT2D eigenvalue weighted by Crippen LogP contribution is -2.45. The van der Waals surface area contributed by atoms with Crippen molar-refractivity contribution in [1.82, 2.24) is 5.32 Å². The first-order valence-corrected chi connectivity index (χ1v) is 7.08. The van der Waals surface area contributed by atoms with E-state index in [1.165, 1.54) is 0 Å². The Labute approximate surface area is 127 Å². The Morgan fingerprint density at radius 3 is 2.61 bits per heavy atom. The summed E-state index contributed by atoms with van der Waals surface area (Å²) >= 11 is 5.43. The van der Waals surface area contributed by atoms with Crippen molar-refractivity contribution in [3.8, 4) is 0 Å². The highest BCUT2D eigenvalue weighted by atomic mass is 127. The molecule has 0 fully saturated rings. The third-order valence-electron chi connectivity index (χ3n) is 2.24. The van der Waals surface area contributed by atoms with Crippen molar-refractivity contribution < 1.29 is 14.7 Å². The predicted molar refractivity (Wildman–Crippen MR) is 80.7 cm³/mol. The topological polar surface area (TPSA) is 66.4 Å². The number of rotatable bonds is 4. The zero-order valence-corrected chi connectivity index (χ0v) is 13.7. The molecular weight excluding hydrogens is 413 g/mol. The zero-order chi connectivity index (χ0) is 13.9. The van der Waals surface area contributed by atoms with Crippen molar-refractivity contribution in [2.45, 2.75) is 25.8 Å². The summed E-state index contributed by atoms with van der Waals surface area (Å²) in [7, 11) is 0. The molecule has 0 saturated carbocycles. The fourth-order valence-electron chi connectivity index (χ4n) is 1.48. The second-order valence-corrected chi connectivity index (χ2v) is 6.44. The van der Waals surface area contributed by atoms with Gasteiger partial charge in [-0.2, -0.15) is 0 Å². The molecule has 1 rings (SSSR count). The molecule has 0 radical (unpaired) electrons. The van der Waals surface area contributed by atoms with E-state index in [9.17, 15) is 9.59 Å². The number of carbonyl (C=O) groups excluding carboxylic acids is 1. The largest absolute Gasteiger partial charge is 0.481 e. The van der Waals surface area contributed by atoms with Gasteiger partial charge in [-0.1, -0.05) is 6.07 Å². The van der Waals surface area contributed by atoms with Gasteiger partial charge in [0.2, 0.25) is 0 Å². The maximum Gasteiger partial charge on any atom is 0.305 e. The summed E-state index contributed by atoms with van der Waals surface area (Å²) in [5, 5.41) is 11.5. The summed E-state index contributed by atoms with van der Waals surface area (Å²) in [6, 6.07) is 5.32. The molecule has 18 heavy (non-hydrogen) atoms. The van der Waals surface area contributed by atoms with Gasteiger partial charge in [0.25, 0.3) is 5.91 Å². The van der Waals surface area contributed by atoms with Gasteiger partial charge in [-0.05, 0) is 64.5 Å². The first-order valence-electron chi connectivity index (χ1n) is 5.21. The molecule has 0 bridgehead atoms. The molecule has 4 nitrogen and oxygen atoms in total.